The van der Waals surface area contributed by atoms with Crippen LogP contribution in [0.4, 0.5) is 5.13 Å². The number of nitrogens with zero attached hydrogens (tertiary/aromatic N) is 1. The van der Waals surface area contributed by atoms with Gasteiger partial charge in [0, 0.05) is 33.5 Å². The molecule has 0 bridgehead atoms. The van der Waals surface area contributed by atoms with Crippen molar-refractivity contribution in [2.45, 2.75) is 20.0 Å². The predicted octanol–water partition coefficient (Wildman–Crippen LogP) is 7.27. The summed E-state index contributed by atoms with van der Waals surface area (Å²) in [6.45, 7) is 2.21. The number of amides is 1. The van der Waals surface area contributed by atoms with Gasteiger partial charge in [0.05, 0.1) is 0 Å². The molecular formula is C27H21ClN2O3S. The standard InChI is InChI=1S/C27H21ClN2O3S/c1-17-7-6-9-19(13-17)32-16-22-21-10-3-5-12-24(21)33-25(22)26(31)30-27-29-15-20(34-27)14-18-8-2-4-11-23(18)28/h2-13,15H,14,16H2,1H3,(H,29,30,31). The number of thiazole rings is 1. The Hall–Kier alpha value is -3.61. The van der Waals surface area contributed by atoms with Gasteiger partial charge >= 0.3 is 0 Å². The summed E-state index contributed by atoms with van der Waals surface area (Å²) in [4.78, 5) is 18.5. The molecule has 0 radical (unpaired) electrons. The van der Waals surface area contributed by atoms with Crippen molar-refractivity contribution in [1.82, 2.24) is 4.98 Å². The average molecular weight is 489 g/mol. The van der Waals surface area contributed by atoms with Crippen molar-refractivity contribution >= 4 is 44.9 Å². The third kappa shape index (κ3) is 4.83. The van der Waals surface area contributed by atoms with E-state index in [9.17, 15) is 4.79 Å². The van der Waals surface area contributed by atoms with Crippen molar-refractivity contribution in [3.05, 3.63) is 111 Å². The highest BCUT2D eigenvalue weighted by Crippen LogP contribution is 2.30. The first kappa shape index (κ1) is 22.2. The molecule has 1 amide bonds. The number of nitrogens with one attached hydrogen (secondary N) is 1. The molecule has 3 aromatic carbocycles. The van der Waals surface area contributed by atoms with Crippen molar-refractivity contribution in [1.29, 1.82) is 0 Å². The first-order chi connectivity index (χ1) is 16.6. The van der Waals surface area contributed by atoms with E-state index in [0.29, 0.717) is 27.7 Å². The molecule has 7 heteroatoms. The number of hydrogen-bond acceptors (Lipinski definition) is 5. The van der Waals surface area contributed by atoms with Crippen LogP contribution in [0, 0.1) is 6.92 Å². The quantitative estimate of drug-likeness (QED) is 0.261. The van der Waals surface area contributed by atoms with Crippen LogP contribution in [0.1, 0.15) is 32.1 Å². The third-order valence-corrected chi connectivity index (χ3v) is 6.66. The number of carbonyl (C=O) groups is 1. The monoisotopic (exact) mass is 488 g/mol. The van der Waals surface area contributed by atoms with E-state index in [0.717, 1.165) is 27.1 Å². The maximum atomic E-state index is 13.2. The Morgan fingerprint density at radius 3 is 2.76 bits per heavy atom. The van der Waals surface area contributed by atoms with E-state index in [1.807, 2.05) is 79.7 Å². The zero-order valence-electron chi connectivity index (χ0n) is 18.4. The lowest BCUT2D eigenvalue weighted by Gasteiger charge is -2.07. The Kier molecular flexibility index (Phi) is 6.34. The molecule has 0 saturated carbocycles. The minimum Gasteiger partial charge on any atom is -0.489 e. The van der Waals surface area contributed by atoms with Gasteiger partial charge in [-0.3, -0.25) is 10.1 Å². The molecule has 2 aromatic heterocycles. The topological polar surface area (TPSA) is 64.4 Å². The molecule has 0 aliphatic heterocycles. The molecule has 0 spiro atoms. The van der Waals surface area contributed by atoms with Gasteiger partial charge in [0.15, 0.2) is 10.9 Å². The fourth-order valence-corrected chi connectivity index (χ4v) is 4.75. The SMILES string of the molecule is Cc1cccc(OCc2c(C(=O)Nc3ncc(Cc4ccccc4Cl)s3)oc3ccccc23)c1. The number of ether oxygens (including phenoxy) is 1. The Morgan fingerprint density at radius 1 is 1.09 bits per heavy atom. The summed E-state index contributed by atoms with van der Waals surface area (Å²) >= 11 is 7.68. The summed E-state index contributed by atoms with van der Waals surface area (Å²) in [5, 5.41) is 4.93. The summed E-state index contributed by atoms with van der Waals surface area (Å²) in [7, 11) is 0. The highest BCUT2D eigenvalue weighted by atomic mass is 35.5. The number of halogens is 1. The van der Waals surface area contributed by atoms with E-state index in [4.69, 9.17) is 20.8 Å². The smallest absolute Gasteiger partial charge is 0.293 e. The second-order valence-electron chi connectivity index (χ2n) is 7.87. The first-order valence-corrected chi connectivity index (χ1v) is 12.0. The van der Waals surface area contributed by atoms with Crippen LogP contribution >= 0.6 is 22.9 Å². The summed E-state index contributed by atoms with van der Waals surface area (Å²) in [6.07, 6.45) is 2.40. The van der Waals surface area contributed by atoms with Gasteiger partial charge in [-0.2, -0.15) is 0 Å². The molecule has 5 aromatic rings. The van der Waals surface area contributed by atoms with Crippen LogP contribution in [0.2, 0.25) is 5.02 Å². The second-order valence-corrected chi connectivity index (χ2v) is 9.39. The fraction of sp³-hybridized carbons (Fsp3) is 0.111. The fourth-order valence-electron chi connectivity index (χ4n) is 3.72. The highest BCUT2D eigenvalue weighted by molar-refractivity contribution is 7.15. The van der Waals surface area contributed by atoms with Crippen molar-refractivity contribution < 1.29 is 13.9 Å². The maximum Gasteiger partial charge on any atom is 0.293 e. The van der Waals surface area contributed by atoms with Crippen molar-refractivity contribution in [2.75, 3.05) is 5.32 Å². The zero-order chi connectivity index (χ0) is 23.5. The van der Waals surface area contributed by atoms with Gasteiger partial charge in [-0.05, 0) is 42.3 Å². The molecule has 2 heterocycles. The van der Waals surface area contributed by atoms with Crippen molar-refractivity contribution in [3.63, 3.8) is 0 Å². The van der Waals surface area contributed by atoms with E-state index in [1.54, 1.807) is 6.20 Å². The number of furan rings is 1. The Bertz CT molecular complexity index is 1470. The third-order valence-electron chi connectivity index (χ3n) is 5.37. The van der Waals surface area contributed by atoms with Crippen LogP contribution in [0.15, 0.2) is 83.4 Å². The maximum absolute atomic E-state index is 13.2. The van der Waals surface area contributed by atoms with E-state index in [1.165, 1.54) is 11.3 Å². The number of carbonyl (C=O) groups excluding carboxylic acids is 1. The minimum absolute atomic E-state index is 0.207. The molecule has 0 aliphatic carbocycles. The number of para-hydroxylation sites is 1. The van der Waals surface area contributed by atoms with Gasteiger partial charge in [-0.1, -0.05) is 60.1 Å². The van der Waals surface area contributed by atoms with Gasteiger partial charge in [-0.25, -0.2) is 4.98 Å². The predicted molar refractivity (Wildman–Crippen MR) is 136 cm³/mol. The van der Waals surface area contributed by atoms with E-state index in [2.05, 4.69) is 10.3 Å². The Labute approximate surface area is 206 Å². The summed E-state index contributed by atoms with van der Waals surface area (Å²) in [5.41, 5.74) is 3.44. The van der Waals surface area contributed by atoms with E-state index >= 15 is 0 Å². The number of fused-ring (bicyclic) bond motifs is 1. The lowest BCUT2D eigenvalue weighted by atomic mass is 10.1. The molecule has 1 N–H and O–H groups in total. The highest BCUT2D eigenvalue weighted by Gasteiger charge is 2.22. The molecular weight excluding hydrogens is 468 g/mol. The average Bonchev–Trinajstić information content (AvgIpc) is 3.43. The van der Waals surface area contributed by atoms with Crippen LogP contribution < -0.4 is 10.1 Å². The number of aryl methyl sites for hydroxylation is 1. The molecule has 5 rings (SSSR count). The second kappa shape index (κ2) is 9.71. The molecule has 0 saturated heterocycles. The molecule has 0 fully saturated rings. The van der Waals surface area contributed by atoms with E-state index < -0.39 is 0 Å². The van der Waals surface area contributed by atoms with Crippen molar-refractivity contribution in [2.24, 2.45) is 0 Å². The van der Waals surface area contributed by atoms with Crippen LogP contribution in [0.5, 0.6) is 5.75 Å². The number of rotatable bonds is 7. The molecule has 34 heavy (non-hydrogen) atoms. The van der Waals surface area contributed by atoms with Crippen LogP contribution in [-0.4, -0.2) is 10.9 Å². The van der Waals surface area contributed by atoms with Gasteiger partial charge in [0.1, 0.15) is 17.9 Å². The van der Waals surface area contributed by atoms with Crippen LogP contribution in [0.3, 0.4) is 0 Å². The summed E-state index contributed by atoms with van der Waals surface area (Å²) in [6, 6.07) is 23.0. The Balaban J connectivity index is 1.36. The minimum atomic E-state index is -0.363. The van der Waals surface area contributed by atoms with Crippen LogP contribution in [0.25, 0.3) is 11.0 Å². The molecule has 5 nitrogen and oxygen atoms in total. The summed E-state index contributed by atoms with van der Waals surface area (Å²) < 4.78 is 11.9. The number of hydrogen-bond donors (Lipinski definition) is 1. The number of benzene rings is 3. The normalized spacial score (nSPS) is 11.0. The van der Waals surface area contributed by atoms with Crippen molar-refractivity contribution in [3.8, 4) is 5.75 Å². The molecule has 0 unspecified atom stereocenters. The lowest BCUT2D eigenvalue weighted by molar-refractivity contribution is 0.0995. The zero-order valence-corrected chi connectivity index (χ0v) is 20.0. The van der Waals surface area contributed by atoms with Gasteiger partial charge in [0.2, 0.25) is 0 Å². The summed E-state index contributed by atoms with van der Waals surface area (Å²) in [5.74, 6) is 0.593. The van der Waals surface area contributed by atoms with Crippen LogP contribution in [-0.2, 0) is 13.0 Å². The molecule has 0 aliphatic rings. The molecule has 170 valence electrons. The lowest BCUT2D eigenvalue weighted by Crippen LogP contribution is -2.13. The van der Waals surface area contributed by atoms with E-state index in [-0.39, 0.29) is 18.3 Å². The first-order valence-electron chi connectivity index (χ1n) is 10.8. The molecule has 0 atom stereocenters. The van der Waals surface area contributed by atoms with Gasteiger partial charge in [0.25, 0.3) is 5.91 Å². The van der Waals surface area contributed by atoms with Gasteiger partial charge < -0.3 is 9.15 Å². The van der Waals surface area contributed by atoms with Gasteiger partial charge in [-0.15, -0.1) is 11.3 Å². The number of aromatic nitrogens is 1. The number of anilines is 1. The largest absolute Gasteiger partial charge is 0.489 e. The Morgan fingerprint density at radius 2 is 1.91 bits per heavy atom.